The van der Waals surface area contributed by atoms with E-state index in [0.717, 1.165) is 33.1 Å². The highest BCUT2D eigenvalue weighted by atomic mass is 16.4. The van der Waals surface area contributed by atoms with Crippen LogP contribution in [-0.4, -0.2) is 14.8 Å². The van der Waals surface area contributed by atoms with Gasteiger partial charge < -0.3 is 4.42 Å². The summed E-state index contributed by atoms with van der Waals surface area (Å²) in [4.78, 5) is 18.2. The molecule has 0 amide bonds. The number of nitrogens with zero attached hydrogens (tertiary/aromatic N) is 3. The van der Waals surface area contributed by atoms with E-state index >= 15 is 0 Å². The van der Waals surface area contributed by atoms with Gasteiger partial charge in [-0.3, -0.25) is 0 Å². The largest absolute Gasteiger partial charge is 0.422 e. The summed E-state index contributed by atoms with van der Waals surface area (Å²) in [5.41, 5.74) is 4.05. The molecule has 3 aromatic heterocycles. The van der Waals surface area contributed by atoms with Gasteiger partial charge in [0.15, 0.2) is 5.65 Å². The summed E-state index contributed by atoms with van der Waals surface area (Å²) in [6.07, 6.45) is 0. The van der Waals surface area contributed by atoms with E-state index in [1.165, 1.54) is 0 Å². The molecule has 0 saturated heterocycles. The molecule has 31 heavy (non-hydrogen) atoms. The average Bonchev–Trinajstić information content (AvgIpc) is 3.16. The molecule has 0 aliphatic carbocycles. The molecule has 0 saturated carbocycles. The second kappa shape index (κ2) is 6.64. The van der Waals surface area contributed by atoms with Crippen LogP contribution in [0.25, 0.3) is 49.7 Å². The maximum atomic E-state index is 13.2. The Morgan fingerprint density at radius 2 is 1.45 bits per heavy atom. The van der Waals surface area contributed by atoms with Crippen LogP contribution in [-0.2, 0) is 0 Å². The van der Waals surface area contributed by atoms with Gasteiger partial charge in [0, 0.05) is 16.3 Å². The van der Waals surface area contributed by atoms with Crippen LogP contribution in [0, 0.1) is 6.92 Å². The Bertz CT molecular complexity index is 1650. The van der Waals surface area contributed by atoms with Gasteiger partial charge in [0.05, 0.1) is 27.8 Å². The van der Waals surface area contributed by atoms with E-state index < -0.39 is 5.63 Å². The lowest BCUT2D eigenvalue weighted by Gasteiger charge is -2.10. The molecule has 148 valence electrons. The molecule has 6 rings (SSSR count). The van der Waals surface area contributed by atoms with Crippen LogP contribution in [0.4, 0.5) is 0 Å². The summed E-state index contributed by atoms with van der Waals surface area (Å²) in [5, 5.41) is 7.85. The molecule has 0 bridgehead atoms. The zero-order chi connectivity index (χ0) is 20.9. The minimum Gasteiger partial charge on any atom is -0.422 e. The fraction of sp³-hybridized carbons (Fsp3) is 0.0385. The fourth-order valence-electron chi connectivity index (χ4n) is 4.25. The number of benzene rings is 3. The quantitative estimate of drug-likeness (QED) is 0.277. The molecule has 0 radical (unpaired) electrons. The zero-order valence-electron chi connectivity index (χ0n) is 16.7. The maximum Gasteiger partial charge on any atom is 0.346 e. The number of hydrogen-bond acceptors (Lipinski definition) is 4. The average molecular weight is 403 g/mol. The number of fused-ring (bicyclic) bond motifs is 5. The first-order valence-corrected chi connectivity index (χ1v) is 10.1. The molecule has 0 spiro atoms. The molecule has 6 aromatic rings. The van der Waals surface area contributed by atoms with Crippen molar-refractivity contribution in [3.05, 3.63) is 101 Å². The van der Waals surface area contributed by atoms with Crippen molar-refractivity contribution in [2.45, 2.75) is 6.92 Å². The first kappa shape index (κ1) is 17.6. The molecule has 0 aliphatic heterocycles. The summed E-state index contributed by atoms with van der Waals surface area (Å²) >= 11 is 0. The van der Waals surface area contributed by atoms with Crippen LogP contribution in [0.15, 0.2) is 94.1 Å². The summed E-state index contributed by atoms with van der Waals surface area (Å²) < 4.78 is 7.54. The monoisotopic (exact) mass is 403 g/mol. The van der Waals surface area contributed by atoms with Crippen molar-refractivity contribution >= 4 is 32.8 Å². The third kappa shape index (κ3) is 2.60. The predicted octanol–water partition coefficient (Wildman–Crippen LogP) is 5.66. The van der Waals surface area contributed by atoms with Crippen molar-refractivity contribution in [1.29, 1.82) is 0 Å². The van der Waals surface area contributed by atoms with Gasteiger partial charge in [-0.05, 0) is 25.1 Å². The Balaban J connectivity index is 1.90. The minimum atomic E-state index is -0.395. The highest BCUT2D eigenvalue weighted by molar-refractivity contribution is 6.21. The summed E-state index contributed by atoms with van der Waals surface area (Å²) in [6, 6.07) is 27.3. The standard InChI is InChI=1S/C26H17N3O2/c1-16-21-22-19-14-8-9-15-20(19)31-26(30)23(22)24(17-10-4-2-5-11-17)27-25(21)29(28-16)18-12-6-3-7-13-18/h2-15H,1H3. The van der Waals surface area contributed by atoms with E-state index in [1.54, 1.807) is 0 Å². The topological polar surface area (TPSA) is 60.9 Å². The highest BCUT2D eigenvalue weighted by Crippen LogP contribution is 2.36. The molecular weight excluding hydrogens is 386 g/mol. The van der Waals surface area contributed by atoms with Crippen LogP contribution < -0.4 is 5.63 Å². The van der Waals surface area contributed by atoms with Gasteiger partial charge in [-0.25, -0.2) is 14.5 Å². The van der Waals surface area contributed by atoms with Gasteiger partial charge in [-0.15, -0.1) is 0 Å². The third-order valence-electron chi connectivity index (χ3n) is 5.60. The maximum absolute atomic E-state index is 13.2. The Labute approximate surface area is 177 Å². The molecule has 0 N–H and O–H groups in total. The third-order valence-corrected chi connectivity index (χ3v) is 5.60. The lowest BCUT2D eigenvalue weighted by molar-refractivity contribution is 0.570. The lowest BCUT2D eigenvalue weighted by atomic mass is 9.99. The molecule has 5 heteroatoms. The first-order chi connectivity index (χ1) is 15.2. The molecule has 5 nitrogen and oxygen atoms in total. The van der Waals surface area contributed by atoms with Crippen molar-refractivity contribution in [2.24, 2.45) is 0 Å². The Morgan fingerprint density at radius 1 is 0.774 bits per heavy atom. The van der Waals surface area contributed by atoms with E-state index in [2.05, 4.69) is 0 Å². The minimum absolute atomic E-state index is 0.395. The van der Waals surface area contributed by atoms with Crippen molar-refractivity contribution in [3.8, 4) is 16.9 Å². The summed E-state index contributed by atoms with van der Waals surface area (Å²) in [5.74, 6) is 0. The Hall–Kier alpha value is -4.25. The summed E-state index contributed by atoms with van der Waals surface area (Å²) in [6.45, 7) is 1.95. The molecular formula is C26H17N3O2. The number of pyridine rings is 1. The zero-order valence-corrected chi connectivity index (χ0v) is 16.7. The van der Waals surface area contributed by atoms with Crippen molar-refractivity contribution in [2.75, 3.05) is 0 Å². The molecule has 3 aromatic carbocycles. The van der Waals surface area contributed by atoms with Gasteiger partial charge in [-0.2, -0.15) is 5.10 Å². The Kier molecular flexibility index (Phi) is 3.77. The van der Waals surface area contributed by atoms with Crippen LogP contribution in [0.5, 0.6) is 0 Å². The second-order valence-corrected chi connectivity index (χ2v) is 7.49. The van der Waals surface area contributed by atoms with Crippen molar-refractivity contribution in [1.82, 2.24) is 14.8 Å². The predicted molar refractivity (Wildman–Crippen MR) is 123 cm³/mol. The van der Waals surface area contributed by atoms with Crippen molar-refractivity contribution < 1.29 is 4.42 Å². The van der Waals surface area contributed by atoms with Gasteiger partial charge in [0.25, 0.3) is 0 Å². The molecule has 0 aliphatic rings. The van der Waals surface area contributed by atoms with Crippen LogP contribution >= 0.6 is 0 Å². The normalized spacial score (nSPS) is 11.5. The van der Waals surface area contributed by atoms with E-state index in [0.29, 0.717) is 22.3 Å². The van der Waals surface area contributed by atoms with Crippen LogP contribution in [0.2, 0.25) is 0 Å². The van der Waals surface area contributed by atoms with Crippen LogP contribution in [0.3, 0.4) is 0 Å². The number of aryl methyl sites for hydroxylation is 1. The SMILES string of the molecule is Cc1nn(-c2ccccc2)c2nc(-c3ccccc3)c3c(=O)oc4ccccc4c3c12. The number of aromatic nitrogens is 3. The molecule has 0 fully saturated rings. The van der Waals surface area contributed by atoms with E-state index in [-0.39, 0.29) is 0 Å². The van der Waals surface area contributed by atoms with Crippen LogP contribution in [0.1, 0.15) is 5.69 Å². The lowest BCUT2D eigenvalue weighted by Crippen LogP contribution is -2.05. The van der Waals surface area contributed by atoms with E-state index in [1.807, 2.05) is 96.5 Å². The second-order valence-electron chi connectivity index (χ2n) is 7.49. The van der Waals surface area contributed by atoms with Gasteiger partial charge in [0.2, 0.25) is 0 Å². The molecule has 3 heterocycles. The van der Waals surface area contributed by atoms with Crippen molar-refractivity contribution in [3.63, 3.8) is 0 Å². The van der Waals surface area contributed by atoms with E-state index in [9.17, 15) is 4.79 Å². The highest BCUT2D eigenvalue weighted by Gasteiger charge is 2.22. The van der Waals surface area contributed by atoms with E-state index in [4.69, 9.17) is 14.5 Å². The number of hydrogen-bond donors (Lipinski definition) is 0. The molecule has 0 atom stereocenters. The fourth-order valence-corrected chi connectivity index (χ4v) is 4.25. The van der Waals surface area contributed by atoms with Gasteiger partial charge in [0.1, 0.15) is 5.58 Å². The first-order valence-electron chi connectivity index (χ1n) is 10.1. The number of rotatable bonds is 2. The van der Waals surface area contributed by atoms with Gasteiger partial charge in [-0.1, -0.05) is 66.7 Å². The van der Waals surface area contributed by atoms with Gasteiger partial charge >= 0.3 is 5.63 Å². The Morgan fingerprint density at radius 3 is 2.23 bits per heavy atom. The summed E-state index contributed by atoms with van der Waals surface area (Å²) in [7, 11) is 0. The number of para-hydroxylation sites is 2. The smallest absolute Gasteiger partial charge is 0.346 e. The molecule has 0 unspecified atom stereocenters.